The first-order valence-electron chi connectivity index (χ1n) is 8.38. The molecule has 24 heavy (non-hydrogen) atoms. The quantitative estimate of drug-likeness (QED) is 0.730. The maximum Gasteiger partial charge on any atom is 0.157 e. The molecule has 0 spiro atoms. The van der Waals surface area contributed by atoms with Gasteiger partial charge >= 0.3 is 0 Å². The van der Waals surface area contributed by atoms with Crippen molar-refractivity contribution < 1.29 is 0 Å². The highest BCUT2D eigenvalue weighted by Crippen LogP contribution is 2.21. The second-order valence-electron chi connectivity index (χ2n) is 6.64. The summed E-state index contributed by atoms with van der Waals surface area (Å²) in [5.74, 6) is 1.13. The van der Waals surface area contributed by atoms with Crippen molar-refractivity contribution in [1.82, 2.24) is 29.3 Å². The molecule has 0 saturated carbocycles. The number of rotatable bonds is 3. The zero-order valence-electron chi connectivity index (χ0n) is 14.4. The Hall–Kier alpha value is -2.41. The Bertz CT molecular complexity index is 850. The van der Waals surface area contributed by atoms with Crippen LogP contribution in [0.5, 0.6) is 0 Å². The maximum absolute atomic E-state index is 4.54. The fourth-order valence-corrected chi connectivity index (χ4v) is 3.47. The zero-order valence-corrected chi connectivity index (χ0v) is 14.4. The number of piperazine rings is 1. The summed E-state index contributed by atoms with van der Waals surface area (Å²) < 4.78 is 3.81. The van der Waals surface area contributed by atoms with Crippen LogP contribution in [0.15, 0.2) is 30.7 Å². The summed E-state index contributed by atoms with van der Waals surface area (Å²) in [7, 11) is 1.96. The summed E-state index contributed by atoms with van der Waals surface area (Å²) in [4.78, 5) is 9.47. The fraction of sp³-hybridized carbons (Fsp3) is 0.471. The Kier molecular flexibility index (Phi) is 3.72. The van der Waals surface area contributed by atoms with Gasteiger partial charge in [0.05, 0.1) is 12.4 Å². The van der Waals surface area contributed by atoms with Crippen molar-refractivity contribution in [3.8, 4) is 0 Å². The molecule has 0 N–H and O–H groups in total. The van der Waals surface area contributed by atoms with Crippen molar-refractivity contribution in [2.45, 2.75) is 26.4 Å². The smallest absolute Gasteiger partial charge is 0.157 e. The number of nitrogens with zero attached hydrogens (tertiary/aromatic N) is 7. The lowest BCUT2D eigenvalue weighted by Gasteiger charge is -2.40. The van der Waals surface area contributed by atoms with Crippen LogP contribution in [0.1, 0.15) is 18.2 Å². The predicted molar refractivity (Wildman–Crippen MR) is 93.0 cm³/mol. The van der Waals surface area contributed by atoms with Crippen LogP contribution >= 0.6 is 0 Å². The lowest BCUT2D eigenvalue weighted by Crippen LogP contribution is -2.52. The van der Waals surface area contributed by atoms with Crippen molar-refractivity contribution in [1.29, 1.82) is 0 Å². The highest BCUT2D eigenvalue weighted by Gasteiger charge is 2.25. The molecule has 0 bridgehead atoms. The van der Waals surface area contributed by atoms with E-state index in [0.717, 1.165) is 43.3 Å². The highest BCUT2D eigenvalue weighted by molar-refractivity contribution is 5.51. The molecule has 1 unspecified atom stereocenters. The average molecular weight is 325 g/mol. The monoisotopic (exact) mass is 325 g/mol. The molecule has 4 rings (SSSR count). The van der Waals surface area contributed by atoms with Crippen molar-refractivity contribution in [3.63, 3.8) is 0 Å². The van der Waals surface area contributed by atoms with E-state index in [9.17, 15) is 0 Å². The minimum Gasteiger partial charge on any atom is -0.354 e. The summed E-state index contributed by atoms with van der Waals surface area (Å²) in [5.41, 5.74) is 3.21. The number of hydrogen-bond donors (Lipinski definition) is 0. The molecule has 1 aliphatic rings. The molecule has 7 nitrogen and oxygen atoms in total. The molecule has 126 valence electrons. The standard InChI is InChI=1S/C17H23N7/c1-13-8-17(24-16(20-13)4-5-18-24)23-7-6-22(14(2)10-23)12-15-9-19-21(3)11-15/h4-5,8-9,11,14H,6-7,10,12H2,1-3H3. The Labute approximate surface area is 141 Å². The van der Waals surface area contributed by atoms with Gasteiger partial charge in [-0.25, -0.2) is 4.98 Å². The Morgan fingerprint density at radius 1 is 1.25 bits per heavy atom. The van der Waals surface area contributed by atoms with Gasteiger partial charge in [0.1, 0.15) is 5.82 Å². The summed E-state index contributed by atoms with van der Waals surface area (Å²) in [6, 6.07) is 4.56. The predicted octanol–water partition coefficient (Wildman–Crippen LogP) is 1.48. The van der Waals surface area contributed by atoms with Crippen LogP contribution in [0.25, 0.3) is 5.65 Å². The van der Waals surface area contributed by atoms with Gasteiger partial charge in [-0.05, 0) is 13.8 Å². The maximum atomic E-state index is 4.54. The summed E-state index contributed by atoms with van der Waals surface area (Å²) >= 11 is 0. The average Bonchev–Trinajstić information content (AvgIpc) is 3.17. The third kappa shape index (κ3) is 2.75. The van der Waals surface area contributed by atoms with Gasteiger partial charge in [-0.1, -0.05) is 0 Å². The minimum atomic E-state index is 0.470. The van der Waals surface area contributed by atoms with Crippen molar-refractivity contribution in [3.05, 3.63) is 42.0 Å². The van der Waals surface area contributed by atoms with Crippen LogP contribution in [-0.4, -0.2) is 55.0 Å². The largest absolute Gasteiger partial charge is 0.354 e. The second-order valence-corrected chi connectivity index (χ2v) is 6.64. The van der Waals surface area contributed by atoms with Gasteiger partial charge in [-0.15, -0.1) is 0 Å². The van der Waals surface area contributed by atoms with E-state index in [1.807, 2.05) is 41.6 Å². The molecule has 3 aromatic rings. The van der Waals surface area contributed by atoms with Crippen LogP contribution in [0.4, 0.5) is 5.82 Å². The first kappa shape index (κ1) is 15.1. The third-order valence-corrected chi connectivity index (χ3v) is 4.70. The van der Waals surface area contributed by atoms with E-state index in [-0.39, 0.29) is 0 Å². The highest BCUT2D eigenvalue weighted by atomic mass is 15.4. The van der Waals surface area contributed by atoms with E-state index in [4.69, 9.17) is 0 Å². The molecule has 0 amide bonds. The molecular formula is C17H23N7. The van der Waals surface area contributed by atoms with Gasteiger partial charge < -0.3 is 4.90 Å². The molecule has 4 heterocycles. The van der Waals surface area contributed by atoms with Crippen LogP contribution in [0.2, 0.25) is 0 Å². The first-order valence-corrected chi connectivity index (χ1v) is 8.38. The van der Waals surface area contributed by atoms with Crippen molar-refractivity contribution in [2.75, 3.05) is 24.5 Å². The van der Waals surface area contributed by atoms with Gasteiger partial charge in [0.2, 0.25) is 0 Å². The normalized spacial score (nSPS) is 19.3. The molecule has 0 aromatic carbocycles. The van der Waals surface area contributed by atoms with E-state index in [1.54, 1.807) is 0 Å². The van der Waals surface area contributed by atoms with E-state index < -0.39 is 0 Å². The van der Waals surface area contributed by atoms with Crippen LogP contribution in [-0.2, 0) is 13.6 Å². The lowest BCUT2D eigenvalue weighted by molar-refractivity contribution is 0.180. The van der Waals surface area contributed by atoms with Gasteiger partial charge in [-0.3, -0.25) is 9.58 Å². The molecule has 1 saturated heterocycles. The summed E-state index contributed by atoms with van der Waals surface area (Å²) in [6.07, 6.45) is 5.87. The van der Waals surface area contributed by atoms with E-state index >= 15 is 0 Å². The lowest BCUT2D eigenvalue weighted by atomic mass is 10.1. The molecule has 1 atom stereocenters. The number of aromatic nitrogens is 5. The van der Waals surface area contributed by atoms with Crippen LogP contribution in [0.3, 0.4) is 0 Å². The number of fused-ring (bicyclic) bond motifs is 1. The van der Waals surface area contributed by atoms with Gasteiger partial charge in [0, 0.05) is 68.9 Å². The minimum absolute atomic E-state index is 0.470. The summed E-state index contributed by atoms with van der Waals surface area (Å²) in [5, 5.41) is 8.71. The van der Waals surface area contributed by atoms with E-state index in [0.29, 0.717) is 6.04 Å². The SMILES string of the molecule is Cc1cc(N2CCN(Cc3cnn(C)c3)C(C)C2)n2nccc2n1. The Morgan fingerprint density at radius 2 is 2.12 bits per heavy atom. The Balaban J connectivity index is 1.52. The third-order valence-electron chi connectivity index (χ3n) is 4.70. The van der Waals surface area contributed by atoms with E-state index in [2.05, 4.69) is 44.2 Å². The fourth-order valence-electron chi connectivity index (χ4n) is 3.47. The molecule has 3 aromatic heterocycles. The second kappa shape index (κ2) is 5.90. The van der Waals surface area contributed by atoms with Crippen LogP contribution < -0.4 is 4.90 Å². The Morgan fingerprint density at radius 3 is 2.88 bits per heavy atom. The number of hydrogen-bond acceptors (Lipinski definition) is 5. The van der Waals surface area contributed by atoms with Crippen LogP contribution in [0, 0.1) is 6.92 Å². The zero-order chi connectivity index (χ0) is 16.7. The van der Waals surface area contributed by atoms with Gasteiger partial charge in [0.15, 0.2) is 5.65 Å². The van der Waals surface area contributed by atoms with Gasteiger partial charge in [0.25, 0.3) is 0 Å². The topological polar surface area (TPSA) is 54.5 Å². The molecule has 1 fully saturated rings. The number of anilines is 1. The van der Waals surface area contributed by atoms with Crippen molar-refractivity contribution >= 4 is 11.5 Å². The molecular weight excluding hydrogens is 302 g/mol. The van der Waals surface area contributed by atoms with Gasteiger partial charge in [-0.2, -0.15) is 14.7 Å². The molecule has 1 aliphatic heterocycles. The molecule has 0 radical (unpaired) electrons. The van der Waals surface area contributed by atoms with E-state index in [1.165, 1.54) is 5.56 Å². The summed E-state index contributed by atoms with van der Waals surface area (Å²) in [6.45, 7) is 8.28. The molecule has 0 aliphatic carbocycles. The van der Waals surface area contributed by atoms with Crippen molar-refractivity contribution in [2.24, 2.45) is 7.05 Å². The first-order chi connectivity index (χ1) is 11.6. The number of aryl methyl sites for hydroxylation is 2. The molecule has 7 heteroatoms.